The molecule has 0 aromatic heterocycles. The first kappa shape index (κ1) is 12.6. The fourth-order valence-electron chi connectivity index (χ4n) is 1.67. The van der Waals surface area contributed by atoms with Gasteiger partial charge in [0, 0.05) is 6.20 Å². The summed E-state index contributed by atoms with van der Waals surface area (Å²) in [6.07, 6.45) is 3.30. The predicted molar refractivity (Wildman–Crippen MR) is 66.7 cm³/mol. The lowest BCUT2D eigenvalue weighted by Gasteiger charge is -2.14. The molecule has 0 spiro atoms. The van der Waals surface area contributed by atoms with Gasteiger partial charge in [-0.3, -0.25) is 0 Å². The molecule has 0 atom stereocenters. The highest BCUT2D eigenvalue weighted by Gasteiger charge is 2.07. The molecule has 1 aliphatic rings. The van der Waals surface area contributed by atoms with Gasteiger partial charge in [0.15, 0.2) is 0 Å². The second kappa shape index (κ2) is 6.16. The smallest absolute Gasteiger partial charge is 0.323 e. The molecule has 5 heteroatoms. The summed E-state index contributed by atoms with van der Waals surface area (Å²) in [6, 6.07) is 5.60. The van der Waals surface area contributed by atoms with E-state index in [9.17, 15) is 9.18 Å². The van der Waals surface area contributed by atoms with Gasteiger partial charge in [0.1, 0.15) is 5.82 Å². The summed E-state index contributed by atoms with van der Waals surface area (Å²) in [5.41, 5.74) is 1.30. The van der Waals surface area contributed by atoms with E-state index >= 15 is 0 Å². The normalized spacial score (nSPS) is 15.1. The summed E-state index contributed by atoms with van der Waals surface area (Å²) in [6.45, 7) is 1.37. The lowest BCUT2D eigenvalue weighted by atomic mass is 10.1. The zero-order valence-corrected chi connectivity index (χ0v) is 9.91. The average molecular weight is 250 g/mol. The Morgan fingerprint density at radius 2 is 2.00 bits per heavy atom. The SMILES string of the molecule is O=C(NC=C1CCOCC1)Nc1ccccc1F. The van der Waals surface area contributed by atoms with Crippen molar-refractivity contribution in [3.05, 3.63) is 41.9 Å². The topological polar surface area (TPSA) is 50.4 Å². The minimum atomic E-state index is -0.452. The predicted octanol–water partition coefficient (Wildman–Crippen LogP) is 2.64. The Labute approximate surface area is 105 Å². The van der Waals surface area contributed by atoms with Crippen molar-refractivity contribution in [1.82, 2.24) is 5.32 Å². The summed E-state index contributed by atoms with van der Waals surface area (Å²) in [7, 11) is 0. The van der Waals surface area contributed by atoms with Crippen LogP contribution < -0.4 is 10.6 Å². The molecule has 18 heavy (non-hydrogen) atoms. The van der Waals surface area contributed by atoms with Crippen LogP contribution in [0.15, 0.2) is 36.0 Å². The maximum absolute atomic E-state index is 13.3. The number of carbonyl (C=O) groups is 1. The van der Waals surface area contributed by atoms with Crippen molar-refractivity contribution in [1.29, 1.82) is 0 Å². The van der Waals surface area contributed by atoms with Gasteiger partial charge < -0.3 is 15.4 Å². The first-order chi connectivity index (χ1) is 8.75. The molecule has 2 amide bonds. The number of para-hydroxylation sites is 1. The summed E-state index contributed by atoms with van der Waals surface area (Å²) in [5, 5.41) is 5.04. The first-order valence-corrected chi connectivity index (χ1v) is 5.83. The fraction of sp³-hybridized carbons (Fsp3) is 0.308. The minimum absolute atomic E-state index is 0.167. The number of hydrogen-bond acceptors (Lipinski definition) is 2. The Kier molecular flexibility index (Phi) is 4.30. The molecule has 0 aliphatic carbocycles. The molecule has 1 aromatic rings. The number of nitrogens with one attached hydrogen (secondary N) is 2. The van der Waals surface area contributed by atoms with Crippen LogP contribution in [0.1, 0.15) is 12.8 Å². The Hall–Kier alpha value is -1.88. The van der Waals surface area contributed by atoms with E-state index in [4.69, 9.17) is 4.74 Å². The molecule has 1 heterocycles. The molecule has 2 N–H and O–H groups in total. The van der Waals surface area contributed by atoms with E-state index in [-0.39, 0.29) is 5.69 Å². The monoisotopic (exact) mass is 250 g/mol. The average Bonchev–Trinajstić information content (AvgIpc) is 2.40. The van der Waals surface area contributed by atoms with Crippen molar-refractivity contribution < 1.29 is 13.9 Å². The summed E-state index contributed by atoms with van der Waals surface area (Å²) >= 11 is 0. The zero-order chi connectivity index (χ0) is 12.8. The van der Waals surface area contributed by atoms with E-state index < -0.39 is 11.8 Å². The minimum Gasteiger partial charge on any atom is -0.381 e. The van der Waals surface area contributed by atoms with Crippen LogP contribution in [0.2, 0.25) is 0 Å². The van der Waals surface area contributed by atoms with Gasteiger partial charge in [-0.25, -0.2) is 9.18 Å². The van der Waals surface area contributed by atoms with Crippen molar-refractivity contribution in [2.75, 3.05) is 18.5 Å². The van der Waals surface area contributed by atoms with Crippen LogP contribution in [0, 0.1) is 5.82 Å². The Bertz CT molecular complexity index is 452. The molecule has 4 nitrogen and oxygen atoms in total. The highest BCUT2D eigenvalue weighted by Crippen LogP contribution is 2.13. The molecule has 2 rings (SSSR count). The fourth-order valence-corrected chi connectivity index (χ4v) is 1.67. The third kappa shape index (κ3) is 3.56. The third-order valence-electron chi connectivity index (χ3n) is 2.66. The molecular weight excluding hydrogens is 235 g/mol. The van der Waals surface area contributed by atoms with Crippen molar-refractivity contribution in [3.8, 4) is 0 Å². The molecule has 0 saturated carbocycles. The highest BCUT2D eigenvalue weighted by molar-refractivity contribution is 5.90. The standard InChI is InChI=1S/C13H15FN2O2/c14-11-3-1-2-4-12(11)16-13(17)15-9-10-5-7-18-8-6-10/h1-4,9H,5-8H2,(H2,15,16,17). The molecule has 1 saturated heterocycles. The van der Waals surface area contributed by atoms with Gasteiger partial charge in [0.05, 0.1) is 18.9 Å². The van der Waals surface area contributed by atoms with Gasteiger partial charge >= 0.3 is 6.03 Å². The second-order valence-electron chi connectivity index (χ2n) is 3.99. The number of benzene rings is 1. The van der Waals surface area contributed by atoms with Gasteiger partial charge in [-0.15, -0.1) is 0 Å². The lowest BCUT2D eigenvalue weighted by Crippen LogP contribution is -2.25. The first-order valence-electron chi connectivity index (χ1n) is 5.83. The van der Waals surface area contributed by atoms with Crippen molar-refractivity contribution in [2.45, 2.75) is 12.8 Å². The Morgan fingerprint density at radius 3 is 2.72 bits per heavy atom. The summed E-state index contributed by atoms with van der Waals surface area (Å²) in [5.74, 6) is -0.452. The number of halogens is 1. The van der Waals surface area contributed by atoms with Gasteiger partial charge in [-0.1, -0.05) is 12.1 Å². The number of amides is 2. The maximum atomic E-state index is 13.3. The molecule has 1 fully saturated rings. The quantitative estimate of drug-likeness (QED) is 0.847. The van der Waals surface area contributed by atoms with E-state index in [1.807, 2.05) is 0 Å². The maximum Gasteiger partial charge on any atom is 0.323 e. The van der Waals surface area contributed by atoms with Crippen LogP contribution in [0.25, 0.3) is 0 Å². The van der Waals surface area contributed by atoms with Crippen LogP contribution >= 0.6 is 0 Å². The van der Waals surface area contributed by atoms with E-state index in [1.165, 1.54) is 12.1 Å². The Balaban J connectivity index is 1.87. The molecule has 0 bridgehead atoms. The summed E-state index contributed by atoms with van der Waals surface area (Å²) < 4.78 is 18.5. The number of rotatable bonds is 2. The van der Waals surface area contributed by atoms with Gasteiger partial charge in [-0.05, 0) is 30.5 Å². The number of ether oxygens (including phenoxy) is 1. The largest absolute Gasteiger partial charge is 0.381 e. The van der Waals surface area contributed by atoms with Crippen molar-refractivity contribution in [3.63, 3.8) is 0 Å². The zero-order valence-electron chi connectivity index (χ0n) is 9.91. The third-order valence-corrected chi connectivity index (χ3v) is 2.66. The van der Waals surface area contributed by atoms with E-state index in [0.29, 0.717) is 13.2 Å². The van der Waals surface area contributed by atoms with Crippen LogP contribution in [0.4, 0.5) is 14.9 Å². The number of hydrogen-bond donors (Lipinski definition) is 2. The van der Waals surface area contributed by atoms with Crippen molar-refractivity contribution >= 4 is 11.7 Å². The van der Waals surface area contributed by atoms with Gasteiger partial charge in [0.2, 0.25) is 0 Å². The van der Waals surface area contributed by atoms with E-state index in [1.54, 1.807) is 18.3 Å². The van der Waals surface area contributed by atoms with Crippen LogP contribution in [-0.2, 0) is 4.74 Å². The van der Waals surface area contributed by atoms with Gasteiger partial charge in [-0.2, -0.15) is 0 Å². The van der Waals surface area contributed by atoms with Crippen LogP contribution in [0.5, 0.6) is 0 Å². The number of carbonyl (C=O) groups excluding carboxylic acids is 1. The lowest BCUT2D eigenvalue weighted by molar-refractivity contribution is 0.119. The van der Waals surface area contributed by atoms with E-state index in [2.05, 4.69) is 10.6 Å². The van der Waals surface area contributed by atoms with E-state index in [0.717, 1.165) is 18.4 Å². The molecule has 96 valence electrons. The highest BCUT2D eigenvalue weighted by atomic mass is 19.1. The van der Waals surface area contributed by atoms with Crippen LogP contribution in [0.3, 0.4) is 0 Å². The molecule has 1 aromatic carbocycles. The van der Waals surface area contributed by atoms with Crippen molar-refractivity contribution in [2.24, 2.45) is 0 Å². The molecule has 1 aliphatic heterocycles. The second-order valence-corrected chi connectivity index (χ2v) is 3.99. The van der Waals surface area contributed by atoms with Crippen LogP contribution in [-0.4, -0.2) is 19.2 Å². The molecular formula is C13H15FN2O2. The Morgan fingerprint density at radius 1 is 1.28 bits per heavy atom. The number of urea groups is 1. The molecule has 0 unspecified atom stereocenters. The van der Waals surface area contributed by atoms with Gasteiger partial charge in [0.25, 0.3) is 0 Å². The number of anilines is 1. The summed E-state index contributed by atoms with van der Waals surface area (Å²) in [4.78, 5) is 11.5. The molecule has 0 radical (unpaired) electrons.